The van der Waals surface area contributed by atoms with Gasteiger partial charge in [-0.1, -0.05) is 42.1 Å². The third-order valence-electron chi connectivity index (χ3n) is 4.70. The molecule has 3 aromatic carbocycles. The van der Waals surface area contributed by atoms with Gasteiger partial charge in [-0.15, -0.1) is 10.2 Å². The molecule has 4 aromatic rings. The summed E-state index contributed by atoms with van der Waals surface area (Å²) in [6, 6.07) is 21.4. The number of ketones is 1. The zero-order valence-corrected chi connectivity index (χ0v) is 17.4. The third kappa shape index (κ3) is 5.06. The van der Waals surface area contributed by atoms with Crippen LogP contribution in [0, 0.1) is 11.6 Å². The van der Waals surface area contributed by atoms with Gasteiger partial charge in [0.25, 0.3) is 0 Å². The largest absolute Gasteiger partial charge is 0.294 e. The van der Waals surface area contributed by atoms with E-state index in [9.17, 15) is 13.6 Å². The van der Waals surface area contributed by atoms with E-state index in [-0.39, 0.29) is 17.4 Å². The van der Waals surface area contributed by atoms with E-state index in [2.05, 4.69) is 10.2 Å². The quantitative estimate of drug-likeness (QED) is 0.194. The van der Waals surface area contributed by atoms with Gasteiger partial charge in [0.15, 0.2) is 16.8 Å². The number of nitrogens with zero attached hydrogens (tertiary/aromatic N) is 3. The fourth-order valence-corrected chi connectivity index (χ4v) is 4.03. The molecule has 1 aromatic heterocycles. The first kappa shape index (κ1) is 20.9. The zero-order valence-electron chi connectivity index (χ0n) is 16.5. The van der Waals surface area contributed by atoms with Crippen LogP contribution < -0.4 is 0 Å². The Kier molecular flexibility index (Phi) is 6.52. The van der Waals surface area contributed by atoms with Crippen LogP contribution in [0.25, 0.3) is 17.1 Å². The molecule has 1 heterocycles. The third-order valence-corrected chi connectivity index (χ3v) is 5.71. The second kappa shape index (κ2) is 9.66. The second-order valence-electron chi connectivity index (χ2n) is 6.87. The number of carbonyl (C=O) groups excluding carboxylic acids is 1. The van der Waals surface area contributed by atoms with E-state index < -0.39 is 0 Å². The fourth-order valence-electron chi connectivity index (χ4n) is 3.14. The molecule has 7 heteroatoms. The van der Waals surface area contributed by atoms with Crippen molar-refractivity contribution in [2.45, 2.75) is 18.0 Å². The van der Waals surface area contributed by atoms with Crippen molar-refractivity contribution in [2.24, 2.45) is 0 Å². The van der Waals surface area contributed by atoms with Crippen molar-refractivity contribution in [2.75, 3.05) is 5.75 Å². The maximum atomic E-state index is 13.4. The molecule has 0 aliphatic heterocycles. The number of benzene rings is 3. The van der Waals surface area contributed by atoms with E-state index in [0.29, 0.717) is 35.1 Å². The van der Waals surface area contributed by atoms with E-state index in [0.717, 1.165) is 11.3 Å². The summed E-state index contributed by atoms with van der Waals surface area (Å²) in [4.78, 5) is 12.3. The van der Waals surface area contributed by atoms with Crippen LogP contribution in [0.2, 0.25) is 0 Å². The van der Waals surface area contributed by atoms with Crippen molar-refractivity contribution >= 4 is 17.5 Å². The van der Waals surface area contributed by atoms with Gasteiger partial charge in [0.2, 0.25) is 0 Å². The van der Waals surface area contributed by atoms with Gasteiger partial charge in [0.05, 0.1) is 0 Å². The Bertz CT molecular complexity index is 1160. The monoisotopic (exact) mass is 435 g/mol. The topological polar surface area (TPSA) is 47.8 Å². The van der Waals surface area contributed by atoms with E-state index in [4.69, 9.17) is 0 Å². The zero-order chi connectivity index (χ0) is 21.6. The van der Waals surface area contributed by atoms with Gasteiger partial charge in [-0.05, 0) is 55.0 Å². The Morgan fingerprint density at radius 3 is 2.16 bits per heavy atom. The predicted octanol–water partition coefficient (Wildman–Crippen LogP) is 5.97. The molecule has 0 amide bonds. The molecule has 4 rings (SSSR count). The van der Waals surface area contributed by atoms with Crippen LogP contribution in [0.4, 0.5) is 8.78 Å². The van der Waals surface area contributed by atoms with Gasteiger partial charge in [0, 0.05) is 29.0 Å². The minimum Gasteiger partial charge on any atom is -0.294 e. The van der Waals surface area contributed by atoms with E-state index in [1.807, 2.05) is 34.9 Å². The average Bonchev–Trinajstić information content (AvgIpc) is 3.22. The van der Waals surface area contributed by atoms with Gasteiger partial charge >= 0.3 is 0 Å². The molecule has 0 fully saturated rings. The lowest BCUT2D eigenvalue weighted by Crippen LogP contribution is -2.02. The Hall–Kier alpha value is -3.32. The molecule has 0 atom stereocenters. The van der Waals surface area contributed by atoms with Crippen LogP contribution in [0.15, 0.2) is 84.0 Å². The molecule has 0 N–H and O–H groups in total. The standard InChI is InChI=1S/C24H19F2N3OS/c25-19-10-8-17(9-11-19)22(30)7-4-16-31-24-28-27-23(18-5-2-1-3-6-18)29(24)21-14-12-20(26)13-15-21/h1-3,5-6,8-15H,4,7,16H2. The molecular weight excluding hydrogens is 416 g/mol. The number of rotatable bonds is 8. The smallest absolute Gasteiger partial charge is 0.196 e. The van der Waals surface area contributed by atoms with Crippen LogP contribution in [-0.4, -0.2) is 26.3 Å². The van der Waals surface area contributed by atoms with Crippen molar-refractivity contribution in [1.82, 2.24) is 14.8 Å². The highest BCUT2D eigenvalue weighted by Gasteiger charge is 2.16. The molecule has 0 aliphatic carbocycles. The highest BCUT2D eigenvalue weighted by molar-refractivity contribution is 7.99. The lowest BCUT2D eigenvalue weighted by atomic mass is 10.1. The minimum atomic E-state index is -0.360. The second-order valence-corrected chi connectivity index (χ2v) is 7.93. The number of aromatic nitrogens is 3. The minimum absolute atomic E-state index is 0.0226. The van der Waals surface area contributed by atoms with Gasteiger partial charge < -0.3 is 0 Å². The van der Waals surface area contributed by atoms with Crippen LogP contribution in [0.5, 0.6) is 0 Å². The number of hydrogen-bond acceptors (Lipinski definition) is 4. The average molecular weight is 435 g/mol. The first-order valence-electron chi connectivity index (χ1n) is 9.80. The van der Waals surface area contributed by atoms with Crippen molar-refractivity contribution in [3.8, 4) is 17.1 Å². The van der Waals surface area contributed by atoms with Crippen molar-refractivity contribution in [3.05, 3.63) is 96.1 Å². The number of thioether (sulfide) groups is 1. The number of carbonyl (C=O) groups is 1. The first-order chi connectivity index (χ1) is 15.1. The molecule has 31 heavy (non-hydrogen) atoms. The Balaban J connectivity index is 1.49. The summed E-state index contributed by atoms with van der Waals surface area (Å²) in [6.07, 6.45) is 0.993. The fraction of sp³-hybridized carbons (Fsp3) is 0.125. The molecular formula is C24H19F2N3OS. The maximum Gasteiger partial charge on any atom is 0.196 e. The Morgan fingerprint density at radius 1 is 0.839 bits per heavy atom. The summed E-state index contributed by atoms with van der Waals surface area (Å²) >= 11 is 1.48. The molecule has 4 nitrogen and oxygen atoms in total. The molecule has 0 bridgehead atoms. The molecule has 0 saturated carbocycles. The summed E-state index contributed by atoms with van der Waals surface area (Å²) in [5, 5.41) is 9.35. The maximum absolute atomic E-state index is 13.4. The van der Waals surface area contributed by atoms with Gasteiger partial charge in [0.1, 0.15) is 11.6 Å². The molecule has 0 radical (unpaired) electrons. The summed E-state index contributed by atoms with van der Waals surface area (Å²) in [7, 11) is 0. The molecule has 0 saturated heterocycles. The number of Topliss-reactive ketones (excluding diaryl/α,β-unsaturated/α-hetero) is 1. The summed E-state index contributed by atoms with van der Waals surface area (Å²) in [6.45, 7) is 0. The lowest BCUT2D eigenvalue weighted by Gasteiger charge is -2.10. The SMILES string of the molecule is O=C(CCCSc1nnc(-c2ccccc2)n1-c1ccc(F)cc1)c1ccc(F)cc1. The summed E-state index contributed by atoms with van der Waals surface area (Å²) in [5.41, 5.74) is 2.17. The highest BCUT2D eigenvalue weighted by Crippen LogP contribution is 2.28. The van der Waals surface area contributed by atoms with E-state index in [1.54, 1.807) is 12.1 Å². The summed E-state index contributed by atoms with van der Waals surface area (Å²) < 4.78 is 28.3. The number of hydrogen-bond donors (Lipinski definition) is 0. The van der Waals surface area contributed by atoms with Gasteiger partial charge in [-0.2, -0.15) is 0 Å². The van der Waals surface area contributed by atoms with Crippen molar-refractivity contribution in [1.29, 1.82) is 0 Å². The van der Waals surface area contributed by atoms with Crippen LogP contribution in [0.3, 0.4) is 0 Å². The first-order valence-corrected chi connectivity index (χ1v) is 10.8. The Morgan fingerprint density at radius 2 is 1.48 bits per heavy atom. The van der Waals surface area contributed by atoms with Gasteiger partial charge in [-0.3, -0.25) is 9.36 Å². The highest BCUT2D eigenvalue weighted by atomic mass is 32.2. The van der Waals surface area contributed by atoms with E-state index >= 15 is 0 Å². The van der Waals surface area contributed by atoms with Crippen molar-refractivity contribution < 1.29 is 13.6 Å². The molecule has 156 valence electrons. The van der Waals surface area contributed by atoms with E-state index in [1.165, 1.54) is 48.2 Å². The van der Waals surface area contributed by atoms with Crippen LogP contribution in [-0.2, 0) is 0 Å². The van der Waals surface area contributed by atoms with Crippen molar-refractivity contribution in [3.63, 3.8) is 0 Å². The van der Waals surface area contributed by atoms with Gasteiger partial charge in [-0.25, -0.2) is 8.78 Å². The predicted molar refractivity (Wildman–Crippen MR) is 117 cm³/mol. The Labute approximate surface area is 183 Å². The van der Waals surface area contributed by atoms with Crippen LogP contribution in [0.1, 0.15) is 23.2 Å². The molecule has 0 spiro atoms. The number of halogens is 2. The molecule has 0 aliphatic rings. The normalized spacial score (nSPS) is 10.9. The lowest BCUT2D eigenvalue weighted by molar-refractivity contribution is 0.0982. The van der Waals surface area contributed by atoms with Crippen LogP contribution >= 0.6 is 11.8 Å². The molecule has 0 unspecified atom stereocenters. The summed E-state index contributed by atoms with van der Waals surface area (Å²) in [5.74, 6) is 0.622.